The molecule has 0 bridgehead atoms. The van der Waals surface area contributed by atoms with Crippen molar-refractivity contribution in [2.45, 2.75) is 19.9 Å². The van der Waals surface area contributed by atoms with Crippen LogP contribution in [0.1, 0.15) is 27.2 Å². The maximum Gasteiger partial charge on any atom is 0.272 e. The highest BCUT2D eigenvalue weighted by Crippen LogP contribution is 2.29. The molecule has 142 valence electrons. The summed E-state index contributed by atoms with van der Waals surface area (Å²) in [6.45, 7) is 3.36. The first kappa shape index (κ1) is 18.0. The molecule has 2 heterocycles. The Kier molecular flexibility index (Phi) is 4.98. The number of carbonyl (C=O) groups excluding carboxylic acids is 1. The SMILES string of the molecule is COc1ccc(C)cc1Nc1ccnc(C(=O)N2CCc3ccccc3C2)c1. The molecule has 1 amide bonds. The number of amides is 1. The predicted octanol–water partition coefficient (Wildman–Crippen LogP) is 4.34. The van der Waals surface area contributed by atoms with Gasteiger partial charge in [0.2, 0.25) is 0 Å². The van der Waals surface area contributed by atoms with Crippen LogP contribution in [0, 0.1) is 6.92 Å². The number of anilines is 2. The molecule has 4 rings (SSSR count). The highest BCUT2D eigenvalue weighted by molar-refractivity contribution is 5.93. The maximum absolute atomic E-state index is 13.0. The van der Waals surface area contributed by atoms with Gasteiger partial charge in [0.25, 0.3) is 5.91 Å². The molecule has 2 aromatic carbocycles. The van der Waals surface area contributed by atoms with Crippen LogP contribution in [0.4, 0.5) is 11.4 Å². The van der Waals surface area contributed by atoms with Crippen molar-refractivity contribution in [3.8, 4) is 5.75 Å². The van der Waals surface area contributed by atoms with Gasteiger partial charge in [0, 0.05) is 25.0 Å². The second-order valence-corrected chi connectivity index (χ2v) is 7.00. The van der Waals surface area contributed by atoms with Gasteiger partial charge in [-0.1, -0.05) is 30.3 Å². The zero-order valence-corrected chi connectivity index (χ0v) is 16.1. The van der Waals surface area contributed by atoms with E-state index in [1.165, 1.54) is 11.1 Å². The second-order valence-electron chi connectivity index (χ2n) is 7.00. The molecule has 1 aliphatic heterocycles. The number of methoxy groups -OCH3 is 1. The number of fused-ring (bicyclic) bond motifs is 1. The van der Waals surface area contributed by atoms with Gasteiger partial charge in [0.15, 0.2) is 0 Å². The molecule has 0 saturated carbocycles. The van der Waals surface area contributed by atoms with Gasteiger partial charge in [0.05, 0.1) is 12.8 Å². The van der Waals surface area contributed by atoms with Gasteiger partial charge >= 0.3 is 0 Å². The summed E-state index contributed by atoms with van der Waals surface area (Å²) in [6, 6.07) is 17.9. The van der Waals surface area contributed by atoms with Crippen LogP contribution in [-0.4, -0.2) is 29.4 Å². The van der Waals surface area contributed by atoms with Crippen LogP contribution in [0.15, 0.2) is 60.8 Å². The van der Waals surface area contributed by atoms with Crippen LogP contribution in [-0.2, 0) is 13.0 Å². The van der Waals surface area contributed by atoms with Gasteiger partial charge in [-0.15, -0.1) is 0 Å². The lowest BCUT2D eigenvalue weighted by molar-refractivity contribution is 0.0729. The number of pyridine rings is 1. The minimum absolute atomic E-state index is 0.0469. The molecule has 0 unspecified atom stereocenters. The summed E-state index contributed by atoms with van der Waals surface area (Å²) in [7, 11) is 1.64. The first-order valence-electron chi connectivity index (χ1n) is 9.38. The number of benzene rings is 2. The van der Waals surface area contributed by atoms with Crippen LogP contribution < -0.4 is 10.1 Å². The fourth-order valence-corrected chi connectivity index (χ4v) is 3.53. The smallest absolute Gasteiger partial charge is 0.272 e. The van der Waals surface area contributed by atoms with Crippen molar-refractivity contribution in [3.63, 3.8) is 0 Å². The monoisotopic (exact) mass is 373 g/mol. The third-order valence-corrected chi connectivity index (χ3v) is 5.03. The Hall–Kier alpha value is -3.34. The zero-order chi connectivity index (χ0) is 19.5. The molecule has 1 aliphatic rings. The van der Waals surface area contributed by atoms with Gasteiger partial charge in [-0.3, -0.25) is 9.78 Å². The molecule has 0 spiro atoms. The molecule has 1 aromatic heterocycles. The second kappa shape index (κ2) is 7.72. The van der Waals surface area contributed by atoms with E-state index in [2.05, 4.69) is 22.4 Å². The van der Waals surface area contributed by atoms with Crippen LogP contribution in [0.25, 0.3) is 0 Å². The summed E-state index contributed by atoms with van der Waals surface area (Å²) >= 11 is 0. The van der Waals surface area contributed by atoms with E-state index in [-0.39, 0.29) is 5.91 Å². The van der Waals surface area contributed by atoms with E-state index >= 15 is 0 Å². The lowest BCUT2D eigenvalue weighted by atomic mass is 10.00. The van der Waals surface area contributed by atoms with Crippen LogP contribution >= 0.6 is 0 Å². The van der Waals surface area contributed by atoms with E-state index in [4.69, 9.17) is 4.74 Å². The van der Waals surface area contributed by atoms with E-state index in [1.54, 1.807) is 19.4 Å². The van der Waals surface area contributed by atoms with Crippen molar-refractivity contribution in [1.29, 1.82) is 0 Å². The molecule has 5 nitrogen and oxygen atoms in total. The average molecular weight is 373 g/mol. The van der Waals surface area contributed by atoms with Gasteiger partial charge < -0.3 is 15.0 Å². The minimum atomic E-state index is -0.0469. The highest BCUT2D eigenvalue weighted by atomic mass is 16.5. The van der Waals surface area contributed by atoms with E-state index in [0.29, 0.717) is 18.8 Å². The molecule has 0 fully saturated rings. The average Bonchev–Trinajstić information content (AvgIpc) is 2.73. The van der Waals surface area contributed by atoms with E-state index < -0.39 is 0 Å². The number of rotatable bonds is 4. The van der Waals surface area contributed by atoms with Crippen LogP contribution in [0.5, 0.6) is 5.75 Å². The van der Waals surface area contributed by atoms with Gasteiger partial charge in [-0.05, 0) is 54.3 Å². The Bertz CT molecular complexity index is 1020. The van der Waals surface area contributed by atoms with Crippen molar-refractivity contribution >= 4 is 17.3 Å². The summed E-state index contributed by atoms with van der Waals surface area (Å²) in [5.74, 6) is 0.706. The summed E-state index contributed by atoms with van der Waals surface area (Å²) in [5, 5.41) is 3.34. The Labute approximate surface area is 165 Å². The van der Waals surface area contributed by atoms with E-state index in [0.717, 1.165) is 29.1 Å². The molecule has 1 N–H and O–H groups in total. The number of hydrogen-bond acceptors (Lipinski definition) is 4. The molecule has 0 saturated heterocycles. The molecule has 0 radical (unpaired) electrons. The largest absolute Gasteiger partial charge is 0.495 e. The van der Waals surface area contributed by atoms with E-state index in [9.17, 15) is 4.79 Å². The summed E-state index contributed by atoms with van der Waals surface area (Å²) in [4.78, 5) is 19.2. The Morgan fingerprint density at radius 3 is 2.75 bits per heavy atom. The van der Waals surface area contributed by atoms with E-state index in [1.807, 2.05) is 48.2 Å². The van der Waals surface area contributed by atoms with Crippen molar-refractivity contribution < 1.29 is 9.53 Å². The van der Waals surface area contributed by atoms with Crippen LogP contribution in [0.3, 0.4) is 0 Å². The highest BCUT2D eigenvalue weighted by Gasteiger charge is 2.22. The lowest BCUT2D eigenvalue weighted by Gasteiger charge is -2.28. The Morgan fingerprint density at radius 1 is 1.11 bits per heavy atom. The number of nitrogens with one attached hydrogen (secondary N) is 1. The number of carbonyl (C=O) groups is 1. The Morgan fingerprint density at radius 2 is 1.93 bits per heavy atom. The number of hydrogen-bond donors (Lipinski definition) is 1. The van der Waals surface area contributed by atoms with Gasteiger partial charge in [-0.25, -0.2) is 0 Å². The fraction of sp³-hybridized carbons (Fsp3) is 0.217. The molecular formula is C23H23N3O2. The standard InChI is InChI=1S/C23H23N3O2/c1-16-7-8-22(28-2)20(13-16)25-19-9-11-24-21(14-19)23(27)26-12-10-17-5-3-4-6-18(17)15-26/h3-9,11,13-14H,10,12,15H2,1-2H3,(H,24,25). The molecule has 0 atom stereocenters. The normalized spacial score (nSPS) is 13.0. The summed E-state index contributed by atoms with van der Waals surface area (Å²) < 4.78 is 5.43. The summed E-state index contributed by atoms with van der Waals surface area (Å²) in [6.07, 6.45) is 2.54. The molecule has 5 heteroatoms. The van der Waals surface area contributed by atoms with Crippen molar-refractivity contribution in [2.75, 3.05) is 19.0 Å². The maximum atomic E-state index is 13.0. The molecular weight excluding hydrogens is 350 g/mol. The minimum Gasteiger partial charge on any atom is -0.495 e. The fourth-order valence-electron chi connectivity index (χ4n) is 3.53. The number of aromatic nitrogens is 1. The third-order valence-electron chi connectivity index (χ3n) is 5.03. The molecule has 28 heavy (non-hydrogen) atoms. The summed E-state index contributed by atoms with van der Waals surface area (Å²) in [5.41, 5.74) is 5.76. The third kappa shape index (κ3) is 3.69. The van der Waals surface area contributed by atoms with Gasteiger partial charge in [-0.2, -0.15) is 0 Å². The predicted molar refractivity (Wildman–Crippen MR) is 110 cm³/mol. The first-order valence-corrected chi connectivity index (χ1v) is 9.38. The van der Waals surface area contributed by atoms with Crippen molar-refractivity contribution in [3.05, 3.63) is 83.2 Å². The lowest BCUT2D eigenvalue weighted by Crippen LogP contribution is -2.36. The van der Waals surface area contributed by atoms with Crippen molar-refractivity contribution in [1.82, 2.24) is 9.88 Å². The number of aryl methyl sites for hydroxylation is 1. The molecule has 3 aromatic rings. The topological polar surface area (TPSA) is 54.5 Å². The first-order chi connectivity index (χ1) is 13.6. The Balaban J connectivity index is 1.54. The van der Waals surface area contributed by atoms with Crippen LogP contribution in [0.2, 0.25) is 0 Å². The quantitative estimate of drug-likeness (QED) is 0.739. The number of nitrogens with zero attached hydrogens (tertiary/aromatic N) is 2. The number of ether oxygens (including phenoxy) is 1. The van der Waals surface area contributed by atoms with Crippen molar-refractivity contribution in [2.24, 2.45) is 0 Å². The zero-order valence-electron chi connectivity index (χ0n) is 16.1. The molecule has 0 aliphatic carbocycles. The van der Waals surface area contributed by atoms with Gasteiger partial charge in [0.1, 0.15) is 11.4 Å².